The number of nitrogens with zero attached hydrogens (tertiary/aromatic N) is 5. The standard InChI is InChI=1S/C20H22N6O2/c1-3-5-19(27)23-15-6-4-7-16(10-15)28-20-18-8-9-21-26(18)13-17(24-20)14-11-22-25(2)12-14/h8-9,11-13,15-16H,4,6-7,10H2,1-2H3,(H,23,27). The van der Waals surface area contributed by atoms with Crippen LogP contribution in [-0.4, -0.2) is 42.4 Å². The van der Waals surface area contributed by atoms with Crippen LogP contribution in [0.3, 0.4) is 0 Å². The molecule has 8 nitrogen and oxygen atoms in total. The molecule has 0 radical (unpaired) electrons. The molecule has 1 saturated carbocycles. The molecule has 1 amide bonds. The highest BCUT2D eigenvalue weighted by Crippen LogP contribution is 2.28. The quantitative estimate of drug-likeness (QED) is 0.702. The van der Waals surface area contributed by atoms with Gasteiger partial charge in [0.15, 0.2) is 0 Å². The van der Waals surface area contributed by atoms with Gasteiger partial charge in [-0.05, 0) is 38.2 Å². The molecule has 3 aromatic heterocycles. The summed E-state index contributed by atoms with van der Waals surface area (Å²) < 4.78 is 9.78. The highest BCUT2D eigenvalue weighted by molar-refractivity contribution is 5.93. The molecular weight excluding hydrogens is 356 g/mol. The molecule has 1 aliphatic carbocycles. The van der Waals surface area contributed by atoms with Crippen LogP contribution in [0.2, 0.25) is 0 Å². The normalized spacial score (nSPS) is 19.1. The molecule has 3 heterocycles. The van der Waals surface area contributed by atoms with Crippen molar-refractivity contribution in [3.8, 4) is 29.0 Å². The van der Waals surface area contributed by atoms with Gasteiger partial charge in [0.05, 0.1) is 24.3 Å². The molecule has 1 fully saturated rings. The number of nitrogens with one attached hydrogen (secondary N) is 1. The van der Waals surface area contributed by atoms with E-state index in [2.05, 4.69) is 27.4 Å². The zero-order valence-electron chi connectivity index (χ0n) is 15.9. The molecule has 0 bridgehead atoms. The first kappa shape index (κ1) is 18.0. The third kappa shape index (κ3) is 3.83. The minimum Gasteiger partial charge on any atom is -0.473 e. The van der Waals surface area contributed by atoms with Gasteiger partial charge >= 0.3 is 0 Å². The van der Waals surface area contributed by atoms with Crippen LogP contribution in [0.4, 0.5) is 0 Å². The average molecular weight is 378 g/mol. The van der Waals surface area contributed by atoms with Crippen LogP contribution in [0.15, 0.2) is 30.9 Å². The van der Waals surface area contributed by atoms with Gasteiger partial charge in [0, 0.05) is 31.3 Å². The van der Waals surface area contributed by atoms with E-state index in [4.69, 9.17) is 9.72 Å². The predicted molar refractivity (Wildman–Crippen MR) is 103 cm³/mol. The number of carbonyl (C=O) groups excluding carboxylic acids is 1. The van der Waals surface area contributed by atoms with E-state index in [1.54, 1.807) is 28.5 Å². The van der Waals surface area contributed by atoms with Crippen molar-refractivity contribution in [1.82, 2.24) is 29.7 Å². The highest BCUT2D eigenvalue weighted by Gasteiger charge is 2.25. The number of fused-ring (bicyclic) bond motifs is 1. The molecule has 3 aromatic rings. The lowest BCUT2D eigenvalue weighted by molar-refractivity contribution is -0.116. The maximum atomic E-state index is 11.8. The Morgan fingerprint density at radius 3 is 3.00 bits per heavy atom. The molecule has 1 aliphatic rings. The molecule has 2 atom stereocenters. The van der Waals surface area contributed by atoms with Crippen molar-refractivity contribution in [1.29, 1.82) is 0 Å². The molecule has 0 spiro atoms. The summed E-state index contributed by atoms with van der Waals surface area (Å²) >= 11 is 0. The van der Waals surface area contributed by atoms with Crippen LogP contribution in [0.1, 0.15) is 32.6 Å². The number of hydrogen-bond acceptors (Lipinski definition) is 5. The first-order chi connectivity index (χ1) is 13.6. The van der Waals surface area contributed by atoms with Gasteiger partial charge in [-0.15, -0.1) is 0 Å². The summed E-state index contributed by atoms with van der Waals surface area (Å²) in [5.41, 5.74) is 2.46. The van der Waals surface area contributed by atoms with Crippen molar-refractivity contribution in [3.05, 3.63) is 30.9 Å². The fourth-order valence-corrected chi connectivity index (χ4v) is 3.55. The van der Waals surface area contributed by atoms with E-state index in [1.807, 2.05) is 25.5 Å². The molecule has 4 rings (SSSR count). The Labute approximate surface area is 162 Å². The van der Waals surface area contributed by atoms with Crippen molar-refractivity contribution < 1.29 is 9.53 Å². The lowest BCUT2D eigenvalue weighted by Crippen LogP contribution is -2.40. The number of aromatic nitrogens is 5. The zero-order chi connectivity index (χ0) is 19.5. The average Bonchev–Trinajstić information content (AvgIpc) is 3.31. The smallest absolute Gasteiger partial charge is 0.296 e. The van der Waals surface area contributed by atoms with Crippen LogP contribution in [0.25, 0.3) is 16.8 Å². The molecule has 0 aliphatic heterocycles. The molecule has 144 valence electrons. The van der Waals surface area contributed by atoms with Crippen LogP contribution < -0.4 is 10.1 Å². The zero-order valence-corrected chi connectivity index (χ0v) is 15.9. The SMILES string of the molecule is CC#CC(=O)NC1CCCC(Oc2nc(-c3cnn(C)c3)cn3nccc23)C1. The second-order valence-electron chi connectivity index (χ2n) is 6.95. The maximum absolute atomic E-state index is 11.8. The Bertz CT molecular complexity index is 1060. The van der Waals surface area contributed by atoms with E-state index in [1.165, 1.54) is 0 Å². The Kier molecular flexibility index (Phi) is 4.98. The topological polar surface area (TPSA) is 86.3 Å². The fourth-order valence-electron chi connectivity index (χ4n) is 3.55. The van der Waals surface area contributed by atoms with Crippen molar-refractivity contribution in [2.24, 2.45) is 7.05 Å². The van der Waals surface area contributed by atoms with Gasteiger partial charge in [-0.1, -0.05) is 5.92 Å². The van der Waals surface area contributed by atoms with Crippen molar-refractivity contribution in [2.75, 3.05) is 0 Å². The first-order valence-corrected chi connectivity index (χ1v) is 9.35. The van der Waals surface area contributed by atoms with Crippen molar-refractivity contribution in [3.63, 3.8) is 0 Å². The maximum Gasteiger partial charge on any atom is 0.296 e. The van der Waals surface area contributed by atoms with Gasteiger partial charge in [0.25, 0.3) is 5.91 Å². The number of aryl methyl sites for hydroxylation is 1. The van der Waals surface area contributed by atoms with Gasteiger partial charge in [0.2, 0.25) is 5.88 Å². The number of rotatable bonds is 4. The van der Waals surface area contributed by atoms with Crippen LogP contribution >= 0.6 is 0 Å². The molecule has 8 heteroatoms. The number of ether oxygens (including phenoxy) is 1. The summed E-state index contributed by atoms with van der Waals surface area (Å²) in [5.74, 6) is 5.47. The summed E-state index contributed by atoms with van der Waals surface area (Å²) in [6.07, 6.45) is 10.8. The molecule has 0 aromatic carbocycles. The molecule has 28 heavy (non-hydrogen) atoms. The minimum absolute atomic E-state index is 0.0241. The van der Waals surface area contributed by atoms with Crippen LogP contribution in [0.5, 0.6) is 5.88 Å². The second-order valence-corrected chi connectivity index (χ2v) is 6.95. The number of hydrogen-bond donors (Lipinski definition) is 1. The first-order valence-electron chi connectivity index (χ1n) is 9.35. The van der Waals surface area contributed by atoms with Crippen molar-refractivity contribution >= 4 is 11.4 Å². The monoisotopic (exact) mass is 378 g/mol. The van der Waals surface area contributed by atoms with Crippen molar-refractivity contribution in [2.45, 2.75) is 44.8 Å². The minimum atomic E-state index is -0.233. The highest BCUT2D eigenvalue weighted by atomic mass is 16.5. The van der Waals surface area contributed by atoms with Gasteiger partial charge in [-0.2, -0.15) is 10.2 Å². The van der Waals surface area contributed by atoms with Gasteiger partial charge in [-0.3, -0.25) is 9.48 Å². The van der Waals surface area contributed by atoms with E-state index in [0.717, 1.165) is 42.5 Å². The summed E-state index contributed by atoms with van der Waals surface area (Å²) in [5, 5.41) is 11.5. The Balaban J connectivity index is 1.56. The van der Waals surface area contributed by atoms with E-state index < -0.39 is 0 Å². The van der Waals surface area contributed by atoms with Gasteiger partial charge in [-0.25, -0.2) is 9.50 Å². The van der Waals surface area contributed by atoms with Crippen LogP contribution in [-0.2, 0) is 11.8 Å². The summed E-state index contributed by atoms with van der Waals surface area (Å²) in [6.45, 7) is 1.66. The molecule has 2 unspecified atom stereocenters. The number of carbonyl (C=O) groups is 1. The molecule has 0 saturated heterocycles. The lowest BCUT2D eigenvalue weighted by Gasteiger charge is -2.29. The largest absolute Gasteiger partial charge is 0.473 e. The van der Waals surface area contributed by atoms with E-state index in [9.17, 15) is 4.79 Å². The third-order valence-electron chi connectivity index (χ3n) is 4.83. The molecular formula is C20H22N6O2. The van der Waals surface area contributed by atoms with Gasteiger partial charge in [0.1, 0.15) is 11.6 Å². The Hall–Kier alpha value is -3.34. The number of amides is 1. The fraction of sp³-hybridized carbons (Fsp3) is 0.400. The Morgan fingerprint density at radius 1 is 1.32 bits per heavy atom. The third-order valence-corrected chi connectivity index (χ3v) is 4.83. The second kappa shape index (κ2) is 7.72. The van der Waals surface area contributed by atoms with E-state index in [0.29, 0.717) is 5.88 Å². The summed E-state index contributed by atoms with van der Waals surface area (Å²) in [6, 6.07) is 1.95. The summed E-state index contributed by atoms with van der Waals surface area (Å²) in [4.78, 5) is 16.5. The van der Waals surface area contributed by atoms with E-state index >= 15 is 0 Å². The predicted octanol–water partition coefficient (Wildman–Crippen LogP) is 1.96. The summed E-state index contributed by atoms with van der Waals surface area (Å²) in [7, 11) is 1.87. The van der Waals surface area contributed by atoms with Gasteiger partial charge < -0.3 is 10.1 Å². The van der Waals surface area contributed by atoms with E-state index in [-0.39, 0.29) is 18.1 Å². The molecule has 1 N–H and O–H groups in total. The van der Waals surface area contributed by atoms with Crippen LogP contribution in [0, 0.1) is 11.8 Å². The lowest BCUT2D eigenvalue weighted by atomic mass is 9.93. The Morgan fingerprint density at radius 2 is 2.21 bits per heavy atom.